The molecule has 0 bridgehead atoms. The van der Waals surface area contributed by atoms with E-state index in [1.54, 1.807) is 11.8 Å². The molecule has 1 radical (unpaired) electrons. The molecule has 0 N–H and O–H groups in total. The molecule has 0 amide bonds. The fourth-order valence-electron chi connectivity index (χ4n) is 4.02. The van der Waals surface area contributed by atoms with E-state index in [1.807, 2.05) is 6.07 Å². The van der Waals surface area contributed by atoms with Gasteiger partial charge in [-0.2, -0.15) is 0 Å². The van der Waals surface area contributed by atoms with Crippen molar-refractivity contribution < 1.29 is 42.3 Å². The second-order valence-electron chi connectivity index (χ2n) is 10.4. The average Bonchev–Trinajstić information content (AvgIpc) is 3.64. The zero-order valence-corrected chi connectivity index (χ0v) is 32.0. The average molecular weight is 805 g/mol. The van der Waals surface area contributed by atoms with Gasteiger partial charge in [0.2, 0.25) is 0 Å². The summed E-state index contributed by atoms with van der Waals surface area (Å²) in [6.45, 7) is 4.41. The monoisotopic (exact) mass is 804 g/mol. The molecule has 0 fully saturated rings. The zero-order valence-electron chi connectivity index (χ0n) is 28.3. The normalized spacial score (nSPS) is 12.2. The van der Waals surface area contributed by atoms with Crippen LogP contribution in [-0.2, 0) is 28.0 Å². The van der Waals surface area contributed by atoms with Crippen LogP contribution in [0.4, 0.5) is 25.2 Å². The summed E-state index contributed by atoms with van der Waals surface area (Å²) >= 11 is 1.80. The maximum absolute atomic E-state index is 10.7. The topological polar surface area (TPSA) is 0 Å². The molecule has 0 atom stereocenters. The summed E-state index contributed by atoms with van der Waals surface area (Å²) in [6.07, 6.45) is 9.50. The molecule has 0 spiro atoms. The fourth-order valence-corrected chi connectivity index (χ4v) is 6.94. The molecule has 5 aromatic carbocycles. The Morgan fingerprint density at radius 1 is 0.510 bits per heavy atom. The van der Waals surface area contributed by atoms with E-state index in [4.69, 9.17) is 0 Å². The molecule has 1 aliphatic rings. The summed E-state index contributed by atoms with van der Waals surface area (Å²) < 4.78 is 59.2. The van der Waals surface area contributed by atoms with E-state index in [0.29, 0.717) is 5.92 Å². The predicted octanol–water partition coefficient (Wildman–Crippen LogP) is 16.2. The first-order valence-corrected chi connectivity index (χ1v) is 18.8. The van der Waals surface area contributed by atoms with Gasteiger partial charge in [-0.1, -0.05) is 142 Å². The van der Waals surface area contributed by atoms with Crippen LogP contribution in [0.2, 0.25) is 0 Å². The maximum atomic E-state index is 9.87. The molecule has 6 rings (SSSR count). The summed E-state index contributed by atoms with van der Waals surface area (Å²) in [5.41, 5.74) is 1.41. The SMILES string of the molecule is C.C1=CCC=C1.CC(C)c1ccccc1.F[P-](F)(F)(F)(F)F.[CH3-].[CH3-].[Fe+3].c1ccc(Sc2ccc([S+](c3ccccc3)c3ccccc3)cc2)cc1. The van der Waals surface area contributed by atoms with E-state index in [1.165, 1.54) is 30.0 Å². The summed E-state index contributed by atoms with van der Waals surface area (Å²) in [4.78, 5) is 6.58. The van der Waals surface area contributed by atoms with Crippen molar-refractivity contribution in [2.24, 2.45) is 0 Å². The third-order valence-corrected chi connectivity index (χ3v) is 9.36. The number of hydrogen-bond donors (Lipinski definition) is 0. The van der Waals surface area contributed by atoms with Gasteiger partial charge < -0.3 is 14.9 Å². The number of benzene rings is 5. The largest absolute Gasteiger partial charge is 3.00 e. The molecule has 0 aliphatic heterocycles. The van der Waals surface area contributed by atoms with Crippen LogP contribution in [0.15, 0.2) is 194 Å². The van der Waals surface area contributed by atoms with Gasteiger partial charge in [-0.15, -0.1) is 0 Å². The molecular weight excluding hydrogens is 757 g/mol. The minimum Gasteiger partial charge on any atom is -0.358 e. The molecule has 0 saturated heterocycles. The summed E-state index contributed by atoms with van der Waals surface area (Å²) in [5.74, 6) is 0.659. The van der Waals surface area contributed by atoms with Gasteiger partial charge in [0.05, 0.1) is 10.9 Å². The quantitative estimate of drug-likeness (QED) is 0.0542. The Hall–Kier alpha value is -3.19. The first kappa shape index (κ1) is 49.9. The molecule has 0 unspecified atom stereocenters. The van der Waals surface area contributed by atoms with Gasteiger partial charge in [0.25, 0.3) is 0 Å². The Labute approximate surface area is 319 Å². The molecule has 0 heterocycles. The van der Waals surface area contributed by atoms with Crippen LogP contribution in [0.5, 0.6) is 0 Å². The van der Waals surface area contributed by atoms with Crippen molar-refractivity contribution >= 4 is 30.5 Å². The summed E-state index contributed by atoms with van der Waals surface area (Å²) in [5, 5.41) is 0. The molecule has 0 saturated carbocycles. The van der Waals surface area contributed by atoms with Gasteiger partial charge in [-0.05, 0) is 78.6 Å². The molecule has 0 nitrogen and oxygen atoms in total. The van der Waals surface area contributed by atoms with E-state index >= 15 is 0 Å². The van der Waals surface area contributed by atoms with Crippen molar-refractivity contribution in [1.29, 1.82) is 0 Å². The van der Waals surface area contributed by atoms with Crippen LogP contribution in [0, 0.1) is 14.9 Å². The van der Waals surface area contributed by atoms with Gasteiger partial charge >= 0.3 is 50.1 Å². The molecule has 0 aromatic heterocycles. The van der Waals surface area contributed by atoms with Gasteiger partial charge in [0.15, 0.2) is 14.7 Å². The molecule has 10 heteroatoms. The fraction of sp³-hybridized carbons (Fsp3) is 0.122. The Bertz CT molecular complexity index is 1610. The smallest absolute Gasteiger partial charge is 0.358 e. The van der Waals surface area contributed by atoms with Gasteiger partial charge in [0.1, 0.15) is 0 Å². The minimum absolute atomic E-state index is 0. The van der Waals surface area contributed by atoms with Gasteiger partial charge in [-0.25, -0.2) is 0 Å². The first-order chi connectivity index (χ1) is 22.2. The summed E-state index contributed by atoms with van der Waals surface area (Å²) in [6, 6.07) is 51.6. The predicted molar refractivity (Wildman–Crippen MR) is 209 cm³/mol. The van der Waals surface area contributed by atoms with Crippen LogP contribution in [0.3, 0.4) is 0 Å². The van der Waals surface area contributed by atoms with Gasteiger partial charge in [-0.3, -0.25) is 0 Å². The molecule has 51 heavy (non-hydrogen) atoms. The standard InChI is InChI=1S/C24H19S2.C9H12.C5H6.CH4.2CH3.F6P.Fe/c1-4-10-20(11-5-1)25-21-16-18-24(19-17-21)26(22-12-6-2-7-13-22)23-14-8-3-9-15-23;1-8(2)9-6-4-3-5-7-9;1-2-4-5-3-1;;;;1-7(2,3,4,5)6;/h1-19H;3-8H,1-2H3;1-4H,5H2;1H4;2*1H3;;/q+1;;;;3*-1;+3. The third kappa shape index (κ3) is 23.1. The van der Waals surface area contributed by atoms with Crippen LogP contribution >= 0.6 is 19.6 Å². The Morgan fingerprint density at radius 3 is 1.14 bits per heavy atom. The molecule has 277 valence electrons. The van der Waals surface area contributed by atoms with E-state index < -0.39 is 7.81 Å². The second kappa shape index (κ2) is 22.7. The van der Waals surface area contributed by atoms with Crippen molar-refractivity contribution in [3.63, 3.8) is 0 Å². The van der Waals surface area contributed by atoms with Crippen LogP contribution in [-0.4, -0.2) is 0 Å². The third-order valence-electron chi connectivity index (χ3n) is 6.12. The van der Waals surface area contributed by atoms with Crippen LogP contribution < -0.4 is 0 Å². The van der Waals surface area contributed by atoms with Gasteiger partial charge in [0, 0.05) is 9.79 Å². The molecule has 5 aromatic rings. The van der Waals surface area contributed by atoms with Crippen molar-refractivity contribution in [3.8, 4) is 0 Å². The van der Waals surface area contributed by atoms with E-state index in [2.05, 4.69) is 178 Å². The Morgan fingerprint density at radius 2 is 0.824 bits per heavy atom. The second-order valence-corrected chi connectivity index (χ2v) is 15.5. The molecule has 1 aliphatic carbocycles. The van der Waals surface area contributed by atoms with Crippen molar-refractivity contribution in [2.75, 3.05) is 0 Å². The van der Waals surface area contributed by atoms with E-state index in [9.17, 15) is 25.2 Å². The Balaban J connectivity index is 0. The summed E-state index contributed by atoms with van der Waals surface area (Å²) in [7, 11) is -10.7. The maximum Gasteiger partial charge on any atom is 3.00 e. The minimum atomic E-state index is -10.7. The van der Waals surface area contributed by atoms with Crippen molar-refractivity contribution in [3.05, 3.63) is 190 Å². The van der Waals surface area contributed by atoms with Crippen molar-refractivity contribution in [1.82, 2.24) is 0 Å². The van der Waals surface area contributed by atoms with Crippen molar-refractivity contribution in [2.45, 2.75) is 58.1 Å². The number of hydrogen-bond acceptors (Lipinski definition) is 1. The number of rotatable bonds is 6. The zero-order chi connectivity index (χ0) is 34.2. The Kier molecular flexibility index (Phi) is 22.2. The van der Waals surface area contributed by atoms with E-state index in [-0.39, 0.29) is 50.2 Å². The number of halogens is 6. The molecular formula is C41H47F6FePS2+. The van der Waals surface area contributed by atoms with E-state index in [0.717, 1.165) is 6.42 Å². The number of allylic oxidation sites excluding steroid dienone is 4. The first-order valence-electron chi connectivity index (χ1n) is 14.8. The van der Waals surface area contributed by atoms with Crippen LogP contribution in [0.1, 0.15) is 39.2 Å². The van der Waals surface area contributed by atoms with Crippen LogP contribution in [0.25, 0.3) is 0 Å².